The normalized spacial score (nSPS) is 39.2. The first kappa shape index (κ1) is 31.5. The molecule has 1 fully saturated rings. The number of carbonyl (C=O) groups is 1. The van der Waals surface area contributed by atoms with E-state index in [1.807, 2.05) is 0 Å². The SMILES string of the molecule is C=C(CC[C@@H](C)[C@H]1CC=C2C3=C([C@@H](O)[C@H](OC(C)=O)C21C)C1(C)C[C@@H](O)[C@H](OCOC)C(C)(C)[C@@H]1CC3)C(C)C. The van der Waals surface area contributed by atoms with Crippen molar-refractivity contribution in [1.29, 1.82) is 0 Å². The number of rotatable bonds is 9. The smallest absolute Gasteiger partial charge is 0.303 e. The van der Waals surface area contributed by atoms with Gasteiger partial charge in [0.2, 0.25) is 0 Å². The monoisotopic (exact) mass is 558 g/mol. The molecule has 2 N–H and O–H groups in total. The maximum atomic E-state index is 12.5. The van der Waals surface area contributed by atoms with Crippen molar-refractivity contribution in [2.45, 2.75) is 118 Å². The third-order valence-corrected chi connectivity index (χ3v) is 11.5. The van der Waals surface area contributed by atoms with Gasteiger partial charge >= 0.3 is 5.97 Å². The quantitative estimate of drug-likeness (QED) is 0.194. The maximum absolute atomic E-state index is 12.5. The lowest BCUT2D eigenvalue weighted by Crippen LogP contribution is -2.63. The second-order valence-electron chi connectivity index (χ2n) is 14.5. The number of aliphatic hydroxyl groups is 2. The molecule has 4 aliphatic carbocycles. The van der Waals surface area contributed by atoms with E-state index in [0.717, 1.165) is 37.7 Å². The number of ether oxygens (including phenoxy) is 3. The summed E-state index contributed by atoms with van der Waals surface area (Å²) in [6.45, 7) is 21.3. The summed E-state index contributed by atoms with van der Waals surface area (Å²) in [6, 6.07) is 0. The second kappa shape index (κ2) is 11.3. The van der Waals surface area contributed by atoms with Crippen LogP contribution in [0.5, 0.6) is 0 Å². The molecule has 0 spiro atoms. The highest BCUT2D eigenvalue weighted by molar-refractivity contribution is 5.67. The number of allylic oxidation sites excluding steroid dienone is 3. The van der Waals surface area contributed by atoms with Gasteiger partial charge in [0.25, 0.3) is 0 Å². The third-order valence-electron chi connectivity index (χ3n) is 11.5. The van der Waals surface area contributed by atoms with Gasteiger partial charge in [-0.15, -0.1) is 0 Å². The van der Waals surface area contributed by atoms with Crippen LogP contribution < -0.4 is 0 Å². The molecule has 226 valence electrons. The van der Waals surface area contributed by atoms with Gasteiger partial charge in [0, 0.05) is 19.4 Å². The number of hydrogen-bond donors (Lipinski definition) is 2. The highest BCUT2D eigenvalue weighted by atomic mass is 16.7. The van der Waals surface area contributed by atoms with Crippen LogP contribution in [-0.4, -0.2) is 54.5 Å². The predicted octanol–water partition coefficient (Wildman–Crippen LogP) is 6.37. The third kappa shape index (κ3) is 4.95. The van der Waals surface area contributed by atoms with E-state index in [9.17, 15) is 15.0 Å². The summed E-state index contributed by atoms with van der Waals surface area (Å²) in [7, 11) is 1.60. The largest absolute Gasteiger partial charge is 0.458 e. The summed E-state index contributed by atoms with van der Waals surface area (Å²) in [6.07, 6.45) is 4.92. The molecule has 0 aliphatic heterocycles. The van der Waals surface area contributed by atoms with Crippen LogP contribution >= 0.6 is 0 Å². The molecule has 0 radical (unpaired) electrons. The van der Waals surface area contributed by atoms with Gasteiger partial charge in [0.1, 0.15) is 19.0 Å². The molecule has 0 aromatic carbocycles. The molecule has 0 bridgehead atoms. The van der Waals surface area contributed by atoms with Crippen LogP contribution in [0.3, 0.4) is 0 Å². The number of esters is 1. The van der Waals surface area contributed by atoms with Crippen LogP contribution in [0.4, 0.5) is 0 Å². The van der Waals surface area contributed by atoms with E-state index < -0.39 is 29.1 Å². The Morgan fingerprint density at radius 2 is 1.82 bits per heavy atom. The first-order chi connectivity index (χ1) is 18.6. The van der Waals surface area contributed by atoms with Crippen LogP contribution in [0.2, 0.25) is 0 Å². The van der Waals surface area contributed by atoms with Crippen LogP contribution in [0.25, 0.3) is 0 Å². The highest BCUT2D eigenvalue weighted by Gasteiger charge is 2.65. The summed E-state index contributed by atoms with van der Waals surface area (Å²) in [5, 5.41) is 23.7. The highest BCUT2D eigenvalue weighted by Crippen LogP contribution is 2.67. The van der Waals surface area contributed by atoms with Crippen molar-refractivity contribution in [2.75, 3.05) is 13.9 Å². The number of hydrogen-bond acceptors (Lipinski definition) is 6. The molecule has 0 heterocycles. The summed E-state index contributed by atoms with van der Waals surface area (Å²) >= 11 is 0. The van der Waals surface area contributed by atoms with Gasteiger partial charge in [0.15, 0.2) is 0 Å². The zero-order chi connectivity index (χ0) is 29.8. The van der Waals surface area contributed by atoms with Crippen molar-refractivity contribution in [3.05, 3.63) is 34.9 Å². The lowest BCUT2D eigenvalue weighted by molar-refractivity contribution is -0.213. The van der Waals surface area contributed by atoms with Crippen LogP contribution in [0, 0.1) is 39.9 Å². The van der Waals surface area contributed by atoms with Gasteiger partial charge in [-0.2, -0.15) is 0 Å². The minimum atomic E-state index is -0.924. The Bertz CT molecular complexity index is 1050. The molecule has 2 unspecified atom stereocenters. The van der Waals surface area contributed by atoms with Crippen molar-refractivity contribution in [2.24, 2.45) is 39.9 Å². The fourth-order valence-corrected chi connectivity index (χ4v) is 9.51. The fraction of sp³-hybridized carbons (Fsp3) is 0.794. The molecule has 0 amide bonds. The number of aliphatic hydroxyl groups excluding tert-OH is 2. The van der Waals surface area contributed by atoms with E-state index in [0.29, 0.717) is 18.3 Å². The first-order valence-corrected chi connectivity index (χ1v) is 15.4. The number of carbonyl (C=O) groups excluding carboxylic acids is 1. The zero-order valence-corrected chi connectivity index (χ0v) is 26.4. The van der Waals surface area contributed by atoms with E-state index in [1.165, 1.54) is 23.6 Å². The Morgan fingerprint density at radius 3 is 2.42 bits per heavy atom. The predicted molar refractivity (Wildman–Crippen MR) is 157 cm³/mol. The number of fused-ring (bicyclic) bond motifs is 4. The molecule has 0 saturated heterocycles. The summed E-state index contributed by atoms with van der Waals surface area (Å²) in [5.74, 6) is 0.905. The van der Waals surface area contributed by atoms with Crippen molar-refractivity contribution in [3.63, 3.8) is 0 Å². The van der Waals surface area contributed by atoms with Gasteiger partial charge in [-0.1, -0.05) is 66.7 Å². The molecule has 4 aliphatic rings. The Kier molecular flexibility index (Phi) is 8.90. The van der Waals surface area contributed by atoms with Gasteiger partial charge in [-0.05, 0) is 89.7 Å². The minimum absolute atomic E-state index is 0.134. The van der Waals surface area contributed by atoms with Gasteiger partial charge in [-0.25, -0.2) is 0 Å². The Labute approximate surface area is 242 Å². The molecule has 1 saturated carbocycles. The standard InChI is InChI=1S/C34H54O6/c1-19(2)20(3)11-12-21(4)24-14-15-25-23-13-16-27-32(6,7)30(39-18-38-10)26(36)17-33(27,8)28(23)29(37)31(34(24,25)9)40-22(5)35/h15,19,21,24,26-27,29-31,36-37H,3,11-14,16-18H2,1-2,4-10H3/t21-,24-,26-,27+,29-,30+,31+,33?,34?/m1/s1. The van der Waals surface area contributed by atoms with E-state index in [1.54, 1.807) is 7.11 Å². The zero-order valence-electron chi connectivity index (χ0n) is 26.4. The lowest BCUT2D eigenvalue weighted by atomic mass is 9.45. The molecular weight excluding hydrogens is 504 g/mol. The van der Waals surface area contributed by atoms with Crippen molar-refractivity contribution in [1.82, 2.24) is 0 Å². The molecule has 0 aromatic rings. The Morgan fingerprint density at radius 1 is 1.15 bits per heavy atom. The summed E-state index contributed by atoms with van der Waals surface area (Å²) < 4.78 is 17.3. The molecular formula is C34H54O6. The van der Waals surface area contributed by atoms with E-state index in [-0.39, 0.29) is 36.1 Å². The topological polar surface area (TPSA) is 85.2 Å². The minimum Gasteiger partial charge on any atom is -0.458 e. The van der Waals surface area contributed by atoms with Gasteiger partial charge < -0.3 is 24.4 Å². The van der Waals surface area contributed by atoms with Gasteiger partial charge in [-0.3, -0.25) is 4.79 Å². The molecule has 6 heteroatoms. The van der Waals surface area contributed by atoms with Crippen molar-refractivity contribution in [3.8, 4) is 0 Å². The number of methoxy groups -OCH3 is 1. The van der Waals surface area contributed by atoms with E-state index >= 15 is 0 Å². The van der Waals surface area contributed by atoms with Crippen LogP contribution in [0.15, 0.2) is 34.9 Å². The van der Waals surface area contributed by atoms with Crippen LogP contribution in [0.1, 0.15) is 93.9 Å². The van der Waals surface area contributed by atoms with E-state index in [4.69, 9.17) is 14.2 Å². The van der Waals surface area contributed by atoms with Crippen molar-refractivity contribution >= 4 is 5.97 Å². The van der Waals surface area contributed by atoms with Gasteiger partial charge in [0.05, 0.1) is 12.2 Å². The summed E-state index contributed by atoms with van der Waals surface area (Å²) in [5.41, 5.74) is 3.45. The van der Waals surface area contributed by atoms with Crippen molar-refractivity contribution < 1.29 is 29.2 Å². The Hall–Kier alpha value is -1.47. The maximum Gasteiger partial charge on any atom is 0.303 e. The molecule has 4 rings (SSSR count). The van der Waals surface area contributed by atoms with Crippen LogP contribution in [-0.2, 0) is 19.0 Å². The Balaban J connectivity index is 1.75. The second-order valence-corrected chi connectivity index (χ2v) is 14.5. The molecule has 40 heavy (non-hydrogen) atoms. The fourth-order valence-electron chi connectivity index (χ4n) is 9.51. The molecule has 9 atom stereocenters. The average molecular weight is 559 g/mol. The molecule has 0 aromatic heterocycles. The lowest BCUT2D eigenvalue weighted by Gasteiger charge is -2.62. The average Bonchev–Trinajstić information content (AvgIpc) is 3.21. The summed E-state index contributed by atoms with van der Waals surface area (Å²) in [4.78, 5) is 12.5. The first-order valence-electron chi connectivity index (χ1n) is 15.4. The molecule has 6 nitrogen and oxygen atoms in total. The van der Waals surface area contributed by atoms with E-state index in [2.05, 4.69) is 61.1 Å².